The zero-order valence-electron chi connectivity index (χ0n) is 10.0. The van der Waals surface area contributed by atoms with Gasteiger partial charge in [0.1, 0.15) is 0 Å². The third-order valence-electron chi connectivity index (χ3n) is 2.50. The van der Waals surface area contributed by atoms with Crippen LogP contribution in [0, 0.1) is 0 Å². The van der Waals surface area contributed by atoms with Crippen molar-refractivity contribution in [2.45, 2.75) is 13.0 Å². The predicted octanol–water partition coefficient (Wildman–Crippen LogP) is 1.46. The molecule has 0 unspecified atom stereocenters. The number of anilines is 1. The number of rotatable bonds is 6. The number of nitrogens with zero attached hydrogens (tertiary/aromatic N) is 4. The van der Waals surface area contributed by atoms with Gasteiger partial charge in [0.05, 0.1) is 6.20 Å². The Balaban J connectivity index is 1.85. The molecule has 0 atom stereocenters. The summed E-state index contributed by atoms with van der Waals surface area (Å²) in [5.41, 5.74) is 1.22. The number of allylic oxidation sites excluding steroid dienone is 1. The molecule has 2 aromatic rings. The Labute approximate surface area is 101 Å². The van der Waals surface area contributed by atoms with Crippen LogP contribution in [-0.2, 0) is 20.0 Å². The number of hydrogen-bond acceptors (Lipinski definition) is 3. The number of aromatic nitrogens is 4. The fourth-order valence-electron chi connectivity index (χ4n) is 1.68. The fourth-order valence-corrected chi connectivity index (χ4v) is 1.68. The lowest BCUT2D eigenvalue weighted by atomic mass is 10.2. The zero-order chi connectivity index (χ0) is 12.1. The van der Waals surface area contributed by atoms with E-state index in [0.29, 0.717) is 0 Å². The predicted molar refractivity (Wildman–Crippen MR) is 67.8 cm³/mol. The second-order valence-electron chi connectivity index (χ2n) is 3.89. The third-order valence-corrected chi connectivity index (χ3v) is 2.50. The molecule has 0 saturated carbocycles. The summed E-state index contributed by atoms with van der Waals surface area (Å²) < 4.78 is 3.84. The molecule has 0 aliphatic heterocycles. The zero-order valence-corrected chi connectivity index (χ0v) is 10.0. The normalized spacial score (nSPS) is 10.4. The molecule has 0 aliphatic rings. The van der Waals surface area contributed by atoms with Crippen molar-refractivity contribution in [2.75, 3.05) is 11.9 Å². The van der Waals surface area contributed by atoms with E-state index in [2.05, 4.69) is 22.0 Å². The van der Waals surface area contributed by atoms with Crippen LogP contribution in [0.3, 0.4) is 0 Å². The molecular formula is C12H17N5. The van der Waals surface area contributed by atoms with Crippen molar-refractivity contribution < 1.29 is 0 Å². The second-order valence-corrected chi connectivity index (χ2v) is 3.89. The Morgan fingerprint density at radius 1 is 1.53 bits per heavy atom. The summed E-state index contributed by atoms with van der Waals surface area (Å²) >= 11 is 0. The maximum atomic E-state index is 4.25. The van der Waals surface area contributed by atoms with Crippen LogP contribution in [0.15, 0.2) is 37.4 Å². The van der Waals surface area contributed by atoms with E-state index in [1.54, 1.807) is 6.20 Å². The van der Waals surface area contributed by atoms with Crippen LogP contribution in [0.4, 0.5) is 5.95 Å². The van der Waals surface area contributed by atoms with Crippen LogP contribution in [-0.4, -0.2) is 25.9 Å². The number of imidazole rings is 1. The van der Waals surface area contributed by atoms with Gasteiger partial charge in [0.15, 0.2) is 0 Å². The molecular weight excluding hydrogens is 214 g/mol. The van der Waals surface area contributed by atoms with Crippen molar-refractivity contribution in [3.63, 3.8) is 0 Å². The van der Waals surface area contributed by atoms with Crippen molar-refractivity contribution in [2.24, 2.45) is 7.05 Å². The lowest BCUT2D eigenvalue weighted by Crippen LogP contribution is -2.09. The van der Waals surface area contributed by atoms with Gasteiger partial charge in [0.25, 0.3) is 0 Å². The first-order valence-electron chi connectivity index (χ1n) is 5.63. The SMILES string of the molecule is C=CCn1ccnc1NCCc1cnn(C)c1. The smallest absolute Gasteiger partial charge is 0.203 e. The Bertz CT molecular complexity index is 483. The minimum atomic E-state index is 0.773. The minimum Gasteiger partial charge on any atom is -0.355 e. The first kappa shape index (κ1) is 11.4. The van der Waals surface area contributed by atoms with Crippen LogP contribution in [0.2, 0.25) is 0 Å². The van der Waals surface area contributed by atoms with Gasteiger partial charge in [-0.2, -0.15) is 5.10 Å². The summed E-state index contributed by atoms with van der Waals surface area (Å²) in [6, 6.07) is 0. The molecule has 17 heavy (non-hydrogen) atoms. The Morgan fingerprint density at radius 2 is 2.41 bits per heavy atom. The molecule has 1 N–H and O–H groups in total. The number of aryl methyl sites for hydroxylation is 1. The highest BCUT2D eigenvalue weighted by atomic mass is 15.2. The topological polar surface area (TPSA) is 47.7 Å². The van der Waals surface area contributed by atoms with Gasteiger partial charge in [0.2, 0.25) is 5.95 Å². The monoisotopic (exact) mass is 231 g/mol. The summed E-state index contributed by atoms with van der Waals surface area (Å²) in [6.45, 7) is 5.34. The van der Waals surface area contributed by atoms with Gasteiger partial charge in [-0.05, 0) is 12.0 Å². The Hall–Kier alpha value is -2.04. The van der Waals surface area contributed by atoms with Crippen molar-refractivity contribution in [3.05, 3.63) is 43.0 Å². The van der Waals surface area contributed by atoms with Gasteiger partial charge in [-0.15, -0.1) is 6.58 Å². The molecule has 5 heteroatoms. The molecule has 0 saturated heterocycles. The molecule has 2 rings (SSSR count). The molecule has 0 spiro atoms. The summed E-state index contributed by atoms with van der Waals surface area (Å²) in [6.07, 6.45) is 10.4. The Morgan fingerprint density at radius 3 is 3.12 bits per heavy atom. The van der Waals surface area contributed by atoms with E-state index in [1.807, 2.05) is 41.0 Å². The molecule has 0 radical (unpaired) electrons. The second kappa shape index (κ2) is 5.34. The van der Waals surface area contributed by atoms with Crippen LogP contribution in [0.5, 0.6) is 0 Å². The summed E-state index contributed by atoms with van der Waals surface area (Å²) in [5, 5.41) is 7.44. The molecule has 2 aromatic heterocycles. The van der Waals surface area contributed by atoms with E-state index in [4.69, 9.17) is 0 Å². The van der Waals surface area contributed by atoms with E-state index in [0.717, 1.165) is 25.5 Å². The standard InChI is InChI=1S/C12H17N5/c1-3-7-17-8-6-14-12(17)13-5-4-11-9-15-16(2)10-11/h3,6,8-10H,1,4-5,7H2,2H3,(H,13,14). The molecule has 0 bridgehead atoms. The van der Waals surface area contributed by atoms with E-state index in [1.165, 1.54) is 5.56 Å². The van der Waals surface area contributed by atoms with Crippen LogP contribution >= 0.6 is 0 Å². The lowest BCUT2D eigenvalue weighted by molar-refractivity contribution is 0.766. The largest absolute Gasteiger partial charge is 0.355 e. The van der Waals surface area contributed by atoms with E-state index in [-0.39, 0.29) is 0 Å². The van der Waals surface area contributed by atoms with Crippen LogP contribution in [0.25, 0.3) is 0 Å². The van der Waals surface area contributed by atoms with E-state index in [9.17, 15) is 0 Å². The average Bonchev–Trinajstić information content (AvgIpc) is 2.90. The average molecular weight is 231 g/mol. The molecule has 5 nitrogen and oxygen atoms in total. The summed E-state index contributed by atoms with van der Waals surface area (Å²) in [5.74, 6) is 0.883. The quantitative estimate of drug-likeness (QED) is 0.766. The molecule has 90 valence electrons. The highest BCUT2D eigenvalue weighted by molar-refractivity contribution is 5.26. The minimum absolute atomic E-state index is 0.773. The van der Waals surface area contributed by atoms with Gasteiger partial charge < -0.3 is 9.88 Å². The van der Waals surface area contributed by atoms with Crippen molar-refractivity contribution in [1.82, 2.24) is 19.3 Å². The van der Waals surface area contributed by atoms with Gasteiger partial charge >= 0.3 is 0 Å². The fraction of sp³-hybridized carbons (Fsp3) is 0.333. The van der Waals surface area contributed by atoms with Crippen molar-refractivity contribution in [1.29, 1.82) is 0 Å². The van der Waals surface area contributed by atoms with E-state index >= 15 is 0 Å². The summed E-state index contributed by atoms with van der Waals surface area (Å²) in [7, 11) is 1.92. The molecule has 0 aliphatic carbocycles. The van der Waals surface area contributed by atoms with Crippen LogP contribution < -0.4 is 5.32 Å². The highest BCUT2D eigenvalue weighted by Gasteiger charge is 2.01. The number of nitrogens with one attached hydrogen (secondary N) is 1. The van der Waals surface area contributed by atoms with E-state index < -0.39 is 0 Å². The molecule has 0 fully saturated rings. The number of hydrogen-bond donors (Lipinski definition) is 1. The third kappa shape index (κ3) is 2.96. The maximum Gasteiger partial charge on any atom is 0.203 e. The van der Waals surface area contributed by atoms with Crippen LogP contribution in [0.1, 0.15) is 5.56 Å². The van der Waals surface area contributed by atoms with Gasteiger partial charge in [-0.3, -0.25) is 4.68 Å². The summed E-state index contributed by atoms with van der Waals surface area (Å²) in [4.78, 5) is 4.25. The molecule has 2 heterocycles. The first-order valence-corrected chi connectivity index (χ1v) is 5.63. The first-order chi connectivity index (χ1) is 8.29. The maximum absolute atomic E-state index is 4.25. The highest BCUT2D eigenvalue weighted by Crippen LogP contribution is 2.05. The van der Waals surface area contributed by atoms with Gasteiger partial charge in [-0.1, -0.05) is 6.08 Å². The Kier molecular flexibility index (Phi) is 3.59. The van der Waals surface area contributed by atoms with Gasteiger partial charge in [0, 0.05) is 38.7 Å². The lowest BCUT2D eigenvalue weighted by Gasteiger charge is -2.06. The van der Waals surface area contributed by atoms with Gasteiger partial charge in [-0.25, -0.2) is 4.98 Å². The van der Waals surface area contributed by atoms with Crippen molar-refractivity contribution in [3.8, 4) is 0 Å². The van der Waals surface area contributed by atoms with Crippen molar-refractivity contribution >= 4 is 5.95 Å². The molecule has 0 amide bonds. The molecule has 0 aromatic carbocycles.